The summed E-state index contributed by atoms with van der Waals surface area (Å²) in [5.41, 5.74) is 17.9. The van der Waals surface area contributed by atoms with Crippen LogP contribution < -0.4 is 0 Å². The Balaban J connectivity index is 1.26. The minimum atomic E-state index is 0.575. The van der Waals surface area contributed by atoms with Crippen LogP contribution in [0.25, 0.3) is 127 Å². The molecule has 4 heteroatoms. The number of fused-ring (bicyclic) bond motifs is 9. The molecule has 14 aromatic rings. The zero-order valence-corrected chi connectivity index (χ0v) is 38.5. The van der Waals surface area contributed by atoms with E-state index in [4.69, 9.17) is 0 Å². The Morgan fingerprint density at radius 2 is 0.549 bits per heavy atom. The number of rotatable bonds is 7. The second-order valence-electron chi connectivity index (χ2n) is 18.3. The second kappa shape index (κ2) is 16.2. The molecule has 14 rings (SSSR count). The van der Waals surface area contributed by atoms with Crippen molar-refractivity contribution >= 4 is 65.4 Å². The van der Waals surface area contributed by atoms with Crippen LogP contribution in [0, 0.1) is 11.3 Å². The van der Waals surface area contributed by atoms with E-state index in [-0.39, 0.29) is 0 Å². The smallest absolute Gasteiger partial charge is 0.102 e. The van der Waals surface area contributed by atoms with Crippen LogP contribution in [0.15, 0.2) is 255 Å². The Bertz CT molecular complexity index is 4380. The molecular weight excluding hydrogens is 861 g/mol. The third-order valence-electron chi connectivity index (χ3n) is 14.5. The third-order valence-corrected chi connectivity index (χ3v) is 14.5. The number of nitriles is 1. The van der Waals surface area contributed by atoms with E-state index in [1.165, 1.54) is 0 Å². The van der Waals surface area contributed by atoms with E-state index in [1.807, 2.05) is 0 Å². The fourth-order valence-electron chi connectivity index (χ4n) is 11.5. The van der Waals surface area contributed by atoms with E-state index in [2.05, 4.69) is 275 Å². The zero-order valence-electron chi connectivity index (χ0n) is 38.5. The van der Waals surface area contributed by atoms with Gasteiger partial charge in [-0.05, 0) is 81.9 Å². The Hall–Kier alpha value is -9.69. The maximum Gasteiger partial charge on any atom is 0.102 e. The maximum absolute atomic E-state index is 12.4. The summed E-state index contributed by atoms with van der Waals surface area (Å²) in [6.07, 6.45) is 0. The number of aromatic nitrogens is 3. The summed E-state index contributed by atoms with van der Waals surface area (Å²) in [7, 11) is 0. The van der Waals surface area contributed by atoms with Gasteiger partial charge in [0.15, 0.2) is 0 Å². The first kappa shape index (κ1) is 40.4. The van der Waals surface area contributed by atoms with Crippen molar-refractivity contribution in [1.29, 1.82) is 5.26 Å². The third kappa shape index (κ3) is 6.17. The van der Waals surface area contributed by atoms with Gasteiger partial charge in [0.2, 0.25) is 0 Å². The molecule has 0 aliphatic heterocycles. The average Bonchev–Trinajstić information content (AvgIpc) is 4.08. The molecule has 0 aliphatic carbocycles. The van der Waals surface area contributed by atoms with Crippen molar-refractivity contribution in [2.24, 2.45) is 0 Å². The molecule has 4 nitrogen and oxygen atoms in total. The predicted molar refractivity (Wildman–Crippen MR) is 296 cm³/mol. The SMILES string of the molecule is N#Cc1c(-c2ccccc2)c(-n2c3ccccc3c3cc(-c4ccccc4)ccc32)c(-c2ccccc2)c(-n2c3ccccc3c3cc(-c4ccccc4)ccc32)c1-n1c2ccccc2c2ccccc21. The van der Waals surface area contributed by atoms with Crippen molar-refractivity contribution in [2.75, 3.05) is 0 Å². The fraction of sp³-hybridized carbons (Fsp3) is 0. The summed E-state index contributed by atoms with van der Waals surface area (Å²) in [5, 5.41) is 19.2. The van der Waals surface area contributed by atoms with Gasteiger partial charge < -0.3 is 13.7 Å². The molecule has 0 amide bonds. The Kier molecular flexibility index (Phi) is 9.23. The molecule has 0 aliphatic rings. The first-order valence-electron chi connectivity index (χ1n) is 24.2. The van der Waals surface area contributed by atoms with Crippen molar-refractivity contribution in [3.05, 3.63) is 260 Å². The van der Waals surface area contributed by atoms with Gasteiger partial charge in [-0.1, -0.05) is 206 Å². The van der Waals surface area contributed by atoms with Crippen LogP contribution >= 0.6 is 0 Å². The molecule has 0 atom stereocenters. The molecule has 0 bridgehead atoms. The molecule has 11 aromatic carbocycles. The number of hydrogen-bond acceptors (Lipinski definition) is 1. The van der Waals surface area contributed by atoms with Crippen LogP contribution in [0.2, 0.25) is 0 Å². The number of benzene rings is 11. The Labute approximate surface area is 410 Å². The van der Waals surface area contributed by atoms with Gasteiger partial charge in [-0.2, -0.15) is 5.26 Å². The summed E-state index contributed by atoms with van der Waals surface area (Å²) >= 11 is 0. The summed E-state index contributed by atoms with van der Waals surface area (Å²) in [5.74, 6) is 0. The summed E-state index contributed by atoms with van der Waals surface area (Å²) in [4.78, 5) is 0. The molecule has 0 fully saturated rings. The lowest BCUT2D eigenvalue weighted by atomic mass is 9.88. The monoisotopic (exact) mass is 902 g/mol. The first-order valence-corrected chi connectivity index (χ1v) is 24.2. The van der Waals surface area contributed by atoms with Crippen LogP contribution in [-0.4, -0.2) is 13.7 Å². The van der Waals surface area contributed by atoms with Crippen molar-refractivity contribution in [1.82, 2.24) is 13.7 Å². The minimum Gasteiger partial charge on any atom is -0.308 e. The lowest BCUT2D eigenvalue weighted by Gasteiger charge is -2.28. The fourth-order valence-corrected chi connectivity index (χ4v) is 11.5. The second-order valence-corrected chi connectivity index (χ2v) is 18.3. The van der Waals surface area contributed by atoms with Gasteiger partial charge in [-0.25, -0.2) is 0 Å². The van der Waals surface area contributed by atoms with Crippen LogP contribution in [0.1, 0.15) is 5.56 Å². The number of nitrogens with zero attached hydrogens (tertiary/aromatic N) is 4. The molecule has 0 unspecified atom stereocenters. The van der Waals surface area contributed by atoms with Gasteiger partial charge in [0, 0.05) is 43.4 Å². The van der Waals surface area contributed by atoms with Gasteiger partial charge in [0.1, 0.15) is 6.07 Å². The molecule has 330 valence electrons. The van der Waals surface area contributed by atoms with Crippen molar-refractivity contribution in [2.45, 2.75) is 0 Å². The van der Waals surface area contributed by atoms with Crippen molar-refractivity contribution < 1.29 is 0 Å². The highest BCUT2D eigenvalue weighted by Gasteiger charge is 2.33. The number of hydrogen-bond donors (Lipinski definition) is 0. The van der Waals surface area contributed by atoms with Crippen molar-refractivity contribution in [3.63, 3.8) is 0 Å². The zero-order chi connectivity index (χ0) is 47.0. The molecule has 0 saturated heterocycles. The molecule has 0 N–H and O–H groups in total. The Morgan fingerprint density at radius 3 is 0.958 bits per heavy atom. The van der Waals surface area contributed by atoms with E-state index in [0.29, 0.717) is 5.56 Å². The molecular formula is C67H42N4. The van der Waals surface area contributed by atoms with Gasteiger partial charge >= 0.3 is 0 Å². The average molecular weight is 903 g/mol. The molecule has 3 heterocycles. The van der Waals surface area contributed by atoms with Gasteiger partial charge in [-0.3, -0.25) is 0 Å². The highest BCUT2D eigenvalue weighted by molar-refractivity contribution is 6.17. The van der Waals surface area contributed by atoms with Gasteiger partial charge in [-0.15, -0.1) is 0 Å². The van der Waals surface area contributed by atoms with Crippen LogP contribution in [0.4, 0.5) is 0 Å². The van der Waals surface area contributed by atoms with E-state index in [0.717, 1.165) is 127 Å². The van der Waals surface area contributed by atoms with Crippen LogP contribution in [-0.2, 0) is 0 Å². The minimum absolute atomic E-state index is 0.575. The predicted octanol–water partition coefficient (Wildman–Crippen LogP) is 17.5. The van der Waals surface area contributed by atoms with E-state index >= 15 is 0 Å². The maximum atomic E-state index is 12.4. The standard InChI is InChI=1S/C67H42N4/c68-43-56-63(46-25-9-3-10-26-46)66(70-59-35-19-15-31-52(59)54-41-48(37-39-61(54)70)44-21-5-1-6-22-44)64(47-27-11-4-12-28-47)67(65(56)69-57-33-17-13-29-50(57)51-30-14-18-34-58(51)69)71-60-36-20-16-32-53(60)55-42-49(38-40-62(55)71)45-23-7-2-8-24-45/h1-42H. The largest absolute Gasteiger partial charge is 0.308 e. The van der Waals surface area contributed by atoms with Gasteiger partial charge in [0.05, 0.1) is 55.7 Å². The quantitative estimate of drug-likeness (QED) is 0.157. The Morgan fingerprint density at radius 1 is 0.239 bits per heavy atom. The number of para-hydroxylation sites is 4. The van der Waals surface area contributed by atoms with E-state index < -0.39 is 0 Å². The van der Waals surface area contributed by atoms with Crippen LogP contribution in [0.5, 0.6) is 0 Å². The lowest BCUT2D eigenvalue weighted by Crippen LogP contribution is -2.13. The highest BCUT2D eigenvalue weighted by atomic mass is 15.1. The van der Waals surface area contributed by atoms with E-state index in [1.54, 1.807) is 0 Å². The summed E-state index contributed by atoms with van der Waals surface area (Å²) in [6, 6.07) is 94.1. The van der Waals surface area contributed by atoms with Gasteiger partial charge in [0.25, 0.3) is 0 Å². The highest BCUT2D eigenvalue weighted by Crippen LogP contribution is 2.52. The van der Waals surface area contributed by atoms with Crippen LogP contribution in [0.3, 0.4) is 0 Å². The molecule has 71 heavy (non-hydrogen) atoms. The normalized spacial score (nSPS) is 11.6. The molecule has 3 aromatic heterocycles. The molecule has 0 radical (unpaired) electrons. The van der Waals surface area contributed by atoms with Crippen molar-refractivity contribution in [3.8, 4) is 67.6 Å². The lowest BCUT2D eigenvalue weighted by molar-refractivity contribution is 1.07. The van der Waals surface area contributed by atoms with E-state index in [9.17, 15) is 5.26 Å². The summed E-state index contributed by atoms with van der Waals surface area (Å²) < 4.78 is 7.28. The topological polar surface area (TPSA) is 38.6 Å². The molecule has 0 saturated carbocycles. The molecule has 0 spiro atoms. The summed E-state index contributed by atoms with van der Waals surface area (Å²) in [6.45, 7) is 0. The first-order chi connectivity index (χ1) is 35.2.